The highest BCUT2D eigenvalue weighted by Crippen LogP contribution is 2.18. The number of thioether (sulfide) groups is 1. The first-order chi connectivity index (χ1) is 7.95. The molecule has 2 aliphatic heterocycles. The zero-order valence-corrected chi connectivity index (χ0v) is 11.1. The van der Waals surface area contributed by atoms with Crippen LogP contribution in [0.3, 0.4) is 0 Å². The van der Waals surface area contributed by atoms with Gasteiger partial charge in [0.15, 0.2) is 0 Å². The Kier molecular flexibility index (Phi) is 6.02. The second kappa shape index (κ2) is 7.57. The number of ether oxygens (including phenoxy) is 1. The van der Waals surface area contributed by atoms with Crippen LogP contribution in [0.2, 0.25) is 0 Å². The van der Waals surface area contributed by atoms with E-state index >= 15 is 0 Å². The van der Waals surface area contributed by atoms with Crippen LogP contribution in [0.4, 0.5) is 0 Å². The zero-order chi connectivity index (χ0) is 11.1. The first-order valence-electron chi connectivity index (χ1n) is 6.88. The highest BCUT2D eigenvalue weighted by molar-refractivity contribution is 7.99. The first kappa shape index (κ1) is 12.7. The van der Waals surface area contributed by atoms with E-state index in [1.54, 1.807) is 0 Å². The molecule has 3 heteroatoms. The summed E-state index contributed by atoms with van der Waals surface area (Å²) in [6.07, 6.45) is 9.82. The Bertz CT molecular complexity index is 157. The van der Waals surface area contributed by atoms with Crippen molar-refractivity contribution in [3.8, 4) is 0 Å². The topological polar surface area (TPSA) is 21.3 Å². The normalized spacial score (nSPS) is 31.5. The molecule has 2 nitrogen and oxygen atoms in total. The predicted molar refractivity (Wildman–Crippen MR) is 71.2 cm³/mol. The maximum absolute atomic E-state index is 5.74. The fraction of sp³-hybridized carbons (Fsp3) is 1.00. The molecule has 0 aromatic carbocycles. The second-order valence-electron chi connectivity index (χ2n) is 5.00. The molecule has 2 atom stereocenters. The van der Waals surface area contributed by atoms with E-state index < -0.39 is 0 Å². The van der Waals surface area contributed by atoms with Crippen LogP contribution >= 0.6 is 11.8 Å². The van der Waals surface area contributed by atoms with Crippen molar-refractivity contribution in [1.29, 1.82) is 0 Å². The molecule has 1 N–H and O–H groups in total. The summed E-state index contributed by atoms with van der Waals surface area (Å²) in [7, 11) is 0. The SMILES string of the molecule is C1CCC(CCCNC2CCCSC2)OC1. The predicted octanol–water partition coefficient (Wildman–Crippen LogP) is 2.82. The van der Waals surface area contributed by atoms with Gasteiger partial charge in [-0.2, -0.15) is 11.8 Å². The minimum Gasteiger partial charge on any atom is -0.378 e. The quantitative estimate of drug-likeness (QED) is 0.750. The third-order valence-corrected chi connectivity index (χ3v) is 4.79. The summed E-state index contributed by atoms with van der Waals surface area (Å²) in [5.41, 5.74) is 0. The van der Waals surface area contributed by atoms with Crippen LogP contribution in [0.5, 0.6) is 0 Å². The minimum absolute atomic E-state index is 0.566. The molecule has 0 spiro atoms. The average molecular weight is 243 g/mol. The van der Waals surface area contributed by atoms with Crippen LogP contribution < -0.4 is 5.32 Å². The fourth-order valence-corrected chi connectivity index (χ4v) is 3.68. The van der Waals surface area contributed by atoms with Crippen LogP contribution in [0, 0.1) is 0 Å². The molecule has 2 fully saturated rings. The number of nitrogens with one attached hydrogen (secondary N) is 1. The van der Waals surface area contributed by atoms with Crippen LogP contribution in [0.15, 0.2) is 0 Å². The molecular formula is C13H25NOS. The standard InChI is InChI=1S/C13H25NOS/c1-2-9-15-13(6-1)7-3-8-14-12-5-4-10-16-11-12/h12-14H,1-11H2. The van der Waals surface area contributed by atoms with Crippen molar-refractivity contribution in [2.24, 2.45) is 0 Å². The second-order valence-corrected chi connectivity index (χ2v) is 6.15. The van der Waals surface area contributed by atoms with Gasteiger partial charge in [-0.1, -0.05) is 0 Å². The van der Waals surface area contributed by atoms with E-state index in [4.69, 9.17) is 4.74 Å². The molecule has 2 aliphatic rings. The molecule has 0 amide bonds. The van der Waals surface area contributed by atoms with Crippen molar-refractivity contribution >= 4 is 11.8 Å². The first-order valence-corrected chi connectivity index (χ1v) is 8.03. The largest absolute Gasteiger partial charge is 0.378 e. The Morgan fingerprint density at radius 3 is 2.94 bits per heavy atom. The number of rotatable bonds is 5. The summed E-state index contributed by atoms with van der Waals surface area (Å²) < 4.78 is 5.74. The molecule has 2 saturated heterocycles. The lowest BCUT2D eigenvalue weighted by Gasteiger charge is -2.24. The minimum atomic E-state index is 0.566. The summed E-state index contributed by atoms with van der Waals surface area (Å²) >= 11 is 2.10. The monoisotopic (exact) mass is 243 g/mol. The Balaban J connectivity index is 1.47. The molecule has 16 heavy (non-hydrogen) atoms. The Morgan fingerprint density at radius 1 is 1.19 bits per heavy atom. The maximum atomic E-state index is 5.74. The number of hydrogen-bond donors (Lipinski definition) is 1. The molecule has 0 saturated carbocycles. The maximum Gasteiger partial charge on any atom is 0.0575 e. The molecule has 0 aliphatic carbocycles. The van der Waals surface area contributed by atoms with Gasteiger partial charge in [-0.05, 0) is 57.2 Å². The van der Waals surface area contributed by atoms with Crippen molar-refractivity contribution < 1.29 is 4.74 Å². The van der Waals surface area contributed by atoms with Gasteiger partial charge in [0.05, 0.1) is 6.10 Å². The van der Waals surface area contributed by atoms with Crippen LogP contribution in [0.1, 0.15) is 44.9 Å². The highest BCUT2D eigenvalue weighted by Gasteiger charge is 2.15. The zero-order valence-electron chi connectivity index (χ0n) is 10.2. The van der Waals surface area contributed by atoms with E-state index in [1.807, 2.05) is 0 Å². The van der Waals surface area contributed by atoms with Crippen molar-refractivity contribution in [2.75, 3.05) is 24.7 Å². The van der Waals surface area contributed by atoms with E-state index in [0.29, 0.717) is 6.10 Å². The molecule has 2 heterocycles. The Hall–Kier alpha value is 0.270. The lowest BCUT2D eigenvalue weighted by molar-refractivity contribution is 0.0101. The van der Waals surface area contributed by atoms with Gasteiger partial charge in [-0.25, -0.2) is 0 Å². The molecule has 2 unspecified atom stereocenters. The van der Waals surface area contributed by atoms with Crippen molar-refractivity contribution in [3.63, 3.8) is 0 Å². The van der Waals surface area contributed by atoms with E-state index in [1.165, 1.54) is 63.0 Å². The lowest BCUT2D eigenvalue weighted by Crippen LogP contribution is -2.34. The average Bonchev–Trinajstić information content (AvgIpc) is 2.37. The van der Waals surface area contributed by atoms with Crippen LogP contribution in [-0.4, -0.2) is 36.8 Å². The van der Waals surface area contributed by atoms with Gasteiger partial charge in [0.1, 0.15) is 0 Å². The third-order valence-electron chi connectivity index (χ3n) is 3.57. The lowest BCUT2D eigenvalue weighted by atomic mass is 10.0. The summed E-state index contributed by atoms with van der Waals surface area (Å²) in [6, 6.07) is 0.783. The van der Waals surface area contributed by atoms with Gasteiger partial charge in [-0.3, -0.25) is 0 Å². The molecular weight excluding hydrogens is 218 g/mol. The van der Waals surface area contributed by atoms with Crippen molar-refractivity contribution in [3.05, 3.63) is 0 Å². The molecule has 0 aromatic rings. The van der Waals surface area contributed by atoms with Gasteiger partial charge in [0.2, 0.25) is 0 Å². The van der Waals surface area contributed by atoms with E-state index in [9.17, 15) is 0 Å². The van der Waals surface area contributed by atoms with Crippen LogP contribution in [-0.2, 0) is 4.74 Å². The van der Waals surface area contributed by atoms with Gasteiger partial charge in [0, 0.05) is 18.4 Å². The van der Waals surface area contributed by atoms with Crippen molar-refractivity contribution in [2.45, 2.75) is 57.1 Å². The van der Waals surface area contributed by atoms with E-state index in [-0.39, 0.29) is 0 Å². The summed E-state index contributed by atoms with van der Waals surface area (Å²) in [5, 5.41) is 3.68. The molecule has 94 valence electrons. The third kappa shape index (κ3) is 4.64. The van der Waals surface area contributed by atoms with Gasteiger partial charge in [-0.15, -0.1) is 0 Å². The Morgan fingerprint density at radius 2 is 2.19 bits per heavy atom. The molecule has 0 aromatic heterocycles. The smallest absolute Gasteiger partial charge is 0.0575 e. The van der Waals surface area contributed by atoms with E-state index in [0.717, 1.165) is 12.6 Å². The molecule has 0 radical (unpaired) electrons. The van der Waals surface area contributed by atoms with Gasteiger partial charge >= 0.3 is 0 Å². The fourth-order valence-electron chi connectivity index (χ4n) is 2.57. The highest BCUT2D eigenvalue weighted by atomic mass is 32.2. The number of hydrogen-bond acceptors (Lipinski definition) is 3. The van der Waals surface area contributed by atoms with E-state index in [2.05, 4.69) is 17.1 Å². The Labute approximate surface area is 104 Å². The summed E-state index contributed by atoms with van der Waals surface area (Å²) in [5.74, 6) is 2.69. The summed E-state index contributed by atoms with van der Waals surface area (Å²) in [6.45, 7) is 2.18. The van der Waals surface area contributed by atoms with Crippen molar-refractivity contribution in [1.82, 2.24) is 5.32 Å². The van der Waals surface area contributed by atoms with Gasteiger partial charge < -0.3 is 10.1 Å². The molecule has 0 bridgehead atoms. The summed E-state index contributed by atoms with van der Waals surface area (Å²) in [4.78, 5) is 0. The van der Waals surface area contributed by atoms with Gasteiger partial charge in [0.25, 0.3) is 0 Å². The molecule has 2 rings (SSSR count). The van der Waals surface area contributed by atoms with Crippen LogP contribution in [0.25, 0.3) is 0 Å².